The first-order valence-electron chi connectivity index (χ1n) is 16.2. The Balaban J connectivity index is 1.20. The summed E-state index contributed by atoms with van der Waals surface area (Å²) in [6, 6.07) is 5.38. The topological polar surface area (TPSA) is 154 Å². The fourth-order valence-corrected chi connectivity index (χ4v) is 7.02. The van der Waals surface area contributed by atoms with Crippen molar-refractivity contribution >= 4 is 34.8 Å². The van der Waals surface area contributed by atoms with Crippen LogP contribution in [0, 0.1) is 6.92 Å². The Bertz CT molecular complexity index is 1730. The second kappa shape index (κ2) is 13.8. The van der Waals surface area contributed by atoms with Gasteiger partial charge in [0.05, 0.1) is 46.2 Å². The van der Waals surface area contributed by atoms with E-state index in [1.165, 1.54) is 0 Å². The Morgan fingerprint density at radius 1 is 0.833 bits per heavy atom. The number of benzene rings is 1. The molecule has 3 aromatic heterocycles. The molecule has 2 aliphatic rings. The quantitative estimate of drug-likeness (QED) is 0.210. The van der Waals surface area contributed by atoms with Crippen LogP contribution in [-0.4, -0.2) is 94.3 Å². The molecule has 0 aliphatic carbocycles. The van der Waals surface area contributed by atoms with Gasteiger partial charge in [-0.25, -0.2) is 9.97 Å². The molecule has 13 nitrogen and oxygen atoms in total. The van der Waals surface area contributed by atoms with Crippen LogP contribution in [0.3, 0.4) is 0 Å². The Morgan fingerprint density at radius 3 is 1.88 bits per heavy atom. The van der Waals surface area contributed by atoms with Gasteiger partial charge in [0.2, 0.25) is 0 Å². The molecule has 4 N–H and O–H groups in total. The minimum atomic E-state index is -0.441. The highest BCUT2D eigenvalue weighted by molar-refractivity contribution is 6.36. The predicted octanol–water partition coefficient (Wildman–Crippen LogP) is 3.16. The Kier molecular flexibility index (Phi) is 9.68. The molecule has 0 radical (unpaired) electrons. The van der Waals surface area contributed by atoms with E-state index in [1.807, 2.05) is 36.2 Å². The van der Waals surface area contributed by atoms with Gasteiger partial charge in [-0.05, 0) is 32.4 Å². The molecule has 0 spiro atoms. The lowest BCUT2D eigenvalue weighted by atomic mass is 10.0. The summed E-state index contributed by atoms with van der Waals surface area (Å²) >= 11 is 6.91. The van der Waals surface area contributed by atoms with Gasteiger partial charge in [-0.2, -0.15) is 0 Å². The number of aromatic nitrogens is 5. The highest BCUT2D eigenvalue weighted by Gasteiger charge is 2.28. The van der Waals surface area contributed by atoms with Crippen LogP contribution in [0.2, 0.25) is 5.02 Å². The van der Waals surface area contributed by atoms with Crippen molar-refractivity contribution in [2.24, 2.45) is 14.1 Å². The summed E-state index contributed by atoms with van der Waals surface area (Å²) in [6.45, 7) is 9.23. The van der Waals surface area contributed by atoms with Crippen LogP contribution in [0.4, 0.5) is 11.4 Å². The number of hydrogen-bond acceptors (Lipinski definition) is 9. The number of nitrogens with one attached hydrogen (secondary N) is 2. The summed E-state index contributed by atoms with van der Waals surface area (Å²) in [7, 11) is 3.68. The Morgan fingerprint density at radius 2 is 1.35 bits per heavy atom. The first-order valence-corrected chi connectivity index (χ1v) is 16.5. The number of amides is 2. The van der Waals surface area contributed by atoms with Gasteiger partial charge in [0.15, 0.2) is 11.6 Å². The molecular weight excluding hydrogens is 634 g/mol. The van der Waals surface area contributed by atoms with Crippen LogP contribution in [0.25, 0.3) is 11.1 Å². The zero-order valence-electron chi connectivity index (χ0n) is 27.9. The van der Waals surface area contributed by atoms with E-state index in [2.05, 4.69) is 35.4 Å². The number of aliphatic hydroxyl groups is 2. The van der Waals surface area contributed by atoms with Gasteiger partial charge >= 0.3 is 0 Å². The van der Waals surface area contributed by atoms with E-state index in [1.54, 1.807) is 38.4 Å². The number of aliphatic hydroxyl groups excluding tert-OH is 2. The number of rotatable bonds is 9. The van der Waals surface area contributed by atoms with Crippen molar-refractivity contribution in [1.29, 1.82) is 0 Å². The number of carbonyl (C=O) groups is 2. The number of carbonyl (C=O) groups excluding carboxylic acids is 2. The number of hydrogen-bond donors (Lipinski definition) is 4. The van der Waals surface area contributed by atoms with E-state index in [9.17, 15) is 19.8 Å². The minimum Gasteiger partial charge on any atom is -0.392 e. The highest BCUT2D eigenvalue weighted by Crippen LogP contribution is 2.37. The molecular formula is C34H42ClN9O4. The average Bonchev–Trinajstić information content (AvgIpc) is 3.54. The highest BCUT2D eigenvalue weighted by atomic mass is 35.5. The van der Waals surface area contributed by atoms with Gasteiger partial charge < -0.3 is 30.0 Å². The molecule has 2 aliphatic heterocycles. The third-order valence-corrected chi connectivity index (χ3v) is 9.53. The Hall–Kier alpha value is -4.14. The van der Waals surface area contributed by atoms with Gasteiger partial charge in [-0.15, -0.1) is 0 Å². The molecule has 2 amide bonds. The van der Waals surface area contributed by atoms with Crippen LogP contribution in [0.5, 0.6) is 0 Å². The van der Waals surface area contributed by atoms with Crippen molar-refractivity contribution in [1.82, 2.24) is 33.9 Å². The number of imidazole rings is 2. The molecule has 254 valence electrons. The summed E-state index contributed by atoms with van der Waals surface area (Å²) < 4.78 is 3.66. The van der Waals surface area contributed by atoms with E-state index in [0.29, 0.717) is 59.5 Å². The molecule has 4 aromatic rings. The second-order valence-electron chi connectivity index (χ2n) is 12.9. The molecule has 0 saturated heterocycles. The monoisotopic (exact) mass is 675 g/mol. The lowest BCUT2D eigenvalue weighted by Crippen LogP contribution is -2.36. The standard InChI is InChI=1S/C34H42ClN9O4/c1-19(45)15-43-11-9-28-26(17-43)37-31(41(28)4)33(47)39-24-8-6-7-22(30(24)35)23-13-36-14-25(21(23)3)40-34(48)32-38-27-18-44(16-20(2)46)12-10-29(27)42(32)5/h6-8,13-14,19-20,45-46H,9-12,15-18H2,1-5H3,(H,39,47)(H,40,48)/t19-,20-/m0/s1. The maximum atomic E-state index is 13.5. The first kappa shape index (κ1) is 33.7. The molecule has 0 saturated carbocycles. The van der Waals surface area contributed by atoms with Crippen LogP contribution in [-0.2, 0) is 40.0 Å². The third-order valence-electron chi connectivity index (χ3n) is 9.12. The maximum Gasteiger partial charge on any atom is 0.291 e. The molecule has 0 fully saturated rings. The molecule has 14 heteroatoms. The number of nitrogens with zero attached hydrogens (tertiary/aromatic N) is 7. The minimum absolute atomic E-state index is 0.287. The Labute approximate surface area is 284 Å². The van der Waals surface area contributed by atoms with E-state index in [-0.39, 0.29) is 17.6 Å². The summed E-state index contributed by atoms with van der Waals surface area (Å²) in [4.78, 5) is 44.9. The third kappa shape index (κ3) is 6.74. The predicted molar refractivity (Wildman–Crippen MR) is 183 cm³/mol. The fraction of sp³-hybridized carbons (Fsp3) is 0.441. The van der Waals surface area contributed by atoms with E-state index < -0.39 is 12.2 Å². The lowest BCUT2D eigenvalue weighted by molar-refractivity contribution is 0.100. The summed E-state index contributed by atoms with van der Waals surface area (Å²) in [5.41, 5.74) is 6.74. The maximum absolute atomic E-state index is 13.5. The van der Waals surface area contributed by atoms with Crippen molar-refractivity contribution in [2.75, 3.05) is 36.8 Å². The van der Waals surface area contributed by atoms with Gasteiger partial charge in [-0.1, -0.05) is 23.7 Å². The van der Waals surface area contributed by atoms with Gasteiger partial charge in [0, 0.05) is 94.9 Å². The van der Waals surface area contributed by atoms with Crippen molar-refractivity contribution in [2.45, 2.75) is 58.9 Å². The van der Waals surface area contributed by atoms with Crippen LogP contribution in [0.1, 0.15) is 63.4 Å². The van der Waals surface area contributed by atoms with Crippen LogP contribution < -0.4 is 10.6 Å². The van der Waals surface area contributed by atoms with Crippen LogP contribution in [0.15, 0.2) is 30.6 Å². The number of β-amino-alcohol motifs (C(OH)–C–C–N with tert-alkyl or cyclic N) is 2. The molecule has 0 unspecified atom stereocenters. The molecule has 2 atom stereocenters. The van der Waals surface area contributed by atoms with Crippen molar-refractivity contribution in [3.63, 3.8) is 0 Å². The number of pyridine rings is 1. The molecule has 0 bridgehead atoms. The van der Waals surface area contributed by atoms with Gasteiger partial charge in [0.1, 0.15) is 0 Å². The number of fused-ring (bicyclic) bond motifs is 2. The molecule has 5 heterocycles. The van der Waals surface area contributed by atoms with Crippen molar-refractivity contribution in [3.05, 3.63) is 75.6 Å². The SMILES string of the molecule is Cc1c(NC(=O)c2nc3c(n2C)CCN(C[C@H](C)O)C3)cncc1-c1cccc(NC(=O)c2nc3c(n2C)CCN(C[C@H](C)O)C3)c1Cl. The van der Waals surface area contributed by atoms with Crippen molar-refractivity contribution < 1.29 is 19.8 Å². The van der Waals surface area contributed by atoms with Gasteiger partial charge in [0.25, 0.3) is 11.8 Å². The second-order valence-corrected chi connectivity index (χ2v) is 13.3. The van der Waals surface area contributed by atoms with Gasteiger partial charge in [-0.3, -0.25) is 24.4 Å². The van der Waals surface area contributed by atoms with E-state index in [4.69, 9.17) is 11.6 Å². The fourth-order valence-electron chi connectivity index (χ4n) is 6.75. The summed E-state index contributed by atoms with van der Waals surface area (Å²) in [5.74, 6) is -0.141. The number of halogens is 1. The lowest BCUT2D eigenvalue weighted by Gasteiger charge is -2.27. The molecule has 1 aromatic carbocycles. The normalized spacial score (nSPS) is 16.2. The number of anilines is 2. The molecule has 6 rings (SSSR count). The zero-order valence-corrected chi connectivity index (χ0v) is 28.7. The summed E-state index contributed by atoms with van der Waals surface area (Å²) in [6.07, 6.45) is 3.87. The summed E-state index contributed by atoms with van der Waals surface area (Å²) in [5, 5.41) is 25.9. The largest absolute Gasteiger partial charge is 0.392 e. The van der Waals surface area contributed by atoms with E-state index >= 15 is 0 Å². The van der Waals surface area contributed by atoms with E-state index in [0.717, 1.165) is 54.3 Å². The van der Waals surface area contributed by atoms with Crippen LogP contribution >= 0.6 is 11.6 Å². The molecule has 48 heavy (non-hydrogen) atoms. The zero-order chi connectivity index (χ0) is 34.3. The smallest absolute Gasteiger partial charge is 0.291 e. The van der Waals surface area contributed by atoms with Crippen molar-refractivity contribution in [3.8, 4) is 11.1 Å². The first-order chi connectivity index (χ1) is 22.9. The average molecular weight is 676 g/mol.